The van der Waals surface area contributed by atoms with Crippen molar-refractivity contribution in [3.05, 3.63) is 36.2 Å². The van der Waals surface area contributed by atoms with E-state index < -0.39 is 0 Å². The molecule has 1 saturated heterocycles. The molecule has 1 fully saturated rings. The number of methoxy groups -OCH3 is 1. The van der Waals surface area contributed by atoms with Gasteiger partial charge in [-0.1, -0.05) is 0 Å². The predicted molar refractivity (Wildman–Crippen MR) is 90.4 cm³/mol. The Morgan fingerprint density at radius 1 is 1.33 bits per heavy atom. The molecule has 7 nitrogen and oxygen atoms in total. The van der Waals surface area contributed by atoms with Gasteiger partial charge in [0.25, 0.3) is 5.91 Å². The minimum Gasteiger partial charge on any atom is -0.495 e. The Hall–Kier alpha value is -2.83. The zero-order valence-corrected chi connectivity index (χ0v) is 13.8. The number of piperidine rings is 1. The van der Waals surface area contributed by atoms with Crippen LogP contribution in [0, 0.1) is 0 Å². The first kappa shape index (κ1) is 16.0. The number of nitrogens with one attached hydrogen (secondary N) is 1. The molecule has 0 bridgehead atoms. The van der Waals surface area contributed by atoms with Crippen molar-refractivity contribution < 1.29 is 14.3 Å². The van der Waals surface area contributed by atoms with Gasteiger partial charge in [0.2, 0.25) is 5.91 Å². The summed E-state index contributed by atoms with van der Waals surface area (Å²) in [5.41, 5.74) is 1.77. The highest BCUT2D eigenvalue weighted by Crippen LogP contribution is 2.33. The number of anilines is 2. The fourth-order valence-corrected chi connectivity index (χ4v) is 2.78. The lowest BCUT2D eigenvalue weighted by atomic mass is 10.1. The van der Waals surface area contributed by atoms with Gasteiger partial charge in [-0.15, -0.1) is 0 Å². The average Bonchev–Trinajstić information content (AvgIpc) is 3.02. The number of amides is 2. The molecule has 0 unspecified atom stereocenters. The largest absolute Gasteiger partial charge is 0.495 e. The molecule has 1 aliphatic rings. The third kappa shape index (κ3) is 3.24. The van der Waals surface area contributed by atoms with E-state index in [1.165, 1.54) is 6.20 Å². The molecule has 0 aliphatic carbocycles. The first-order valence-corrected chi connectivity index (χ1v) is 7.87. The molecule has 0 radical (unpaired) electrons. The van der Waals surface area contributed by atoms with Crippen LogP contribution in [0.15, 0.2) is 30.6 Å². The zero-order valence-electron chi connectivity index (χ0n) is 13.8. The second-order valence-electron chi connectivity index (χ2n) is 5.75. The van der Waals surface area contributed by atoms with Gasteiger partial charge in [0.15, 0.2) is 0 Å². The van der Waals surface area contributed by atoms with E-state index in [2.05, 4.69) is 10.4 Å². The van der Waals surface area contributed by atoms with Crippen molar-refractivity contribution in [2.75, 3.05) is 23.9 Å². The highest BCUT2D eigenvalue weighted by molar-refractivity contribution is 6.04. The molecule has 126 valence electrons. The first-order chi connectivity index (χ1) is 11.6. The number of benzene rings is 1. The third-order valence-corrected chi connectivity index (χ3v) is 4.02. The molecule has 0 atom stereocenters. The second-order valence-corrected chi connectivity index (χ2v) is 5.75. The molecule has 1 aliphatic heterocycles. The van der Waals surface area contributed by atoms with E-state index in [4.69, 9.17) is 4.74 Å². The van der Waals surface area contributed by atoms with E-state index in [1.807, 2.05) is 0 Å². The van der Waals surface area contributed by atoms with Gasteiger partial charge in [-0.3, -0.25) is 14.3 Å². The molecule has 2 amide bonds. The van der Waals surface area contributed by atoms with Crippen molar-refractivity contribution in [3.8, 4) is 5.75 Å². The van der Waals surface area contributed by atoms with Crippen LogP contribution >= 0.6 is 0 Å². The Balaban J connectivity index is 1.85. The summed E-state index contributed by atoms with van der Waals surface area (Å²) in [6, 6.07) is 5.29. The van der Waals surface area contributed by atoms with E-state index in [0.717, 1.165) is 12.8 Å². The molecule has 0 saturated carbocycles. The monoisotopic (exact) mass is 328 g/mol. The van der Waals surface area contributed by atoms with Gasteiger partial charge >= 0.3 is 0 Å². The lowest BCUT2D eigenvalue weighted by Crippen LogP contribution is -2.35. The molecule has 1 aromatic heterocycles. The summed E-state index contributed by atoms with van der Waals surface area (Å²) >= 11 is 0. The van der Waals surface area contributed by atoms with Crippen LogP contribution in [0.3, 0.4) is 0 Å². The Morgan fingerprint density at radius 3 is 2.83 bits per heavy atom. The molecule has 1 aromatic carbocycles. The number of aromatic nitrogens is 2. The van der Waals surface area contributed by atoms with E-state index in [-0.39, 0.29) is 11.8 Å². The van der Waals surface area contributed by atoms with Crippen molar-refractivity contribution in [1.29, 1.82) is 0 Å². The third-order valence-electron chi connectivity index (χ3n) is 4.02. The number of carbonyl (C=O) groups is 2. The zero-order chi connectivity index (χ0) is 17.1. The van der Waals surface area contributed by atoms with Crippen molar-refractivity contribution >= 4 is 23.2 Å². The van der Waals surface area contributed by atoms with Crippen LogP contribution in [0.2, 0.25) is 0 Å². The van der Waals surface area contributed by atoms with E-state index in [1.54, 1.807) is 48.1 Å². The topological polar surface area (TPSA) is 76.5 Å². The lowest BCUT2D eigenvalue weighted by molar-refractivity contribution is -0.119. The Kier molecular flexibility index (Phi) is 4.50. The van der Waals surface area contributed by atoms with Crippen molar-refractivity contribution in [1.82, 2.24) is 9.78 Å². The fourth-order valence-electron chi connectivity index (χ4n) is 2.78. The summed E-state index contributed by atoms with van der Waals surface area (Å²) in [6.07, 6.45) is 5.56. The number of aryl methyl sites for hydroxylation is 1. The van der Waals surface area contributed by atoms with Gasteiger partial charge in [-0.05, 0) is 31.0 Å². The number of nitrogens with zero attached hydrogens (tertiary/aromatic N) is 3. The highest BCUT2D eigenvalue weighted by Gasteiger charge is 2.23. The molecule has 2 aromatic rings. The van der Waals surface area contributed by atoms with Crippen molar-refractivity contribution in [2.45, 2.75) is 19.3 Å². The van der Waals surface area contributed by atoms with Gasteiger partial charge in [0, 0.05) is 31.9 Å². The van der Waals surface area contributed by atoms with E-state index in [9.17, 15) is 9.59 Å². The molecule has 7 heteroatoms. The number of rotatable bonds is 4. The summed E-state index contributed by atoms with van der Waals surface area (Å²) in [5.74, 6) is 0.448. The van der Waals surface area contributed by atoms with Crippen molar-refractivity contribution in [2.24, 2.45) is 7.05 Å². The molecule has 24 heavy (non-hydrogen) atoms. The first-order valence-electron chi connectivity index (χ1n) is 7.87. The van der Waals surface area contributed by atoms with Crippen LogP contribution in [-0.4, -0.2) is 35.2 Å². The smallest absolute Gasteiger partial charge is 0.258 e. The Bertz CT molecular complexity index is 769. The van der Waals surface area contributed by atoms with Crippen molar-refractivity contribution in [3.63, 3.8) is 0 Å². The standard InChI is InChI=1S/C17H20N4O3/c1-20-11-12(10-18-20)17(23)19-13-6-7-15(24-2)14(9-13)21-8-4-3-5-16(21)22/h6-7,9-11H,3-5,8H2,1-2H3,(H,19,23). The molecule has 1 N–H and O–H groups in total. The second kappa shape index (κ2) is 6.74. The SMILES string of the molecule is COc1ccc(NC(=O)c2cnn(C)c2)cc1N1CCCCC1=O. The highest BCUT2D eigenvalue weighted by atomic mass is 16.5. The van der Waals surface area contributed by atoms with Crippen LogP contribution in [0.4, 0.5) is 11.4 Å². The number of hydrogen-bond acceptors (Lipinski definition) is 4. The summed E-state index contributed by atoms with van der Waals surface area (Å²) < 4.78 is 6.95. The summed E-state index contributed by atoms with van der Waals surface area (Å²) in [5, 5.41) is 6.82. The van der Waals surface area contributed by atoms with Crippen LogP contribution in [0.25, 0.3) is 0 Å². The molecule has 0 spiro atoms. The lowest BCUT2D eigenvalue weighted by Gasteiger charge is -2.28. The van der Waals surface area contributed by atoms with Crippen LogP contribution < -0.4 is 15.0 Å². The molecular weight excluding hydrogens is 308 g/mol. The van der Waals surface area contributed by atoms with E-state index >= 15 is 0 Å². The van der Waals surface area contributed by atoms with Gasteiger partial charge in [-0.2, -0.15) is 5.10 Å². The van der Waals surface area contributed by atoms with Crippen LogP contribution in [-0.2, 0) is 11.8 Å². The predicted octanol–water partition coefficient (Wildman–Crippen LogP) is 2.20. The maximum absolute atomic E-state index is 12.3. The molecular formula is C17H20N4O3. The summed E-state index contributed by atoms with van der Waals surface area (Å²) in [6.45, 7) is 0.662. The fraction of sp³-hybridized carbons (Fsp3) is 0.353. The maximum Gasteiger partial charge on any atom is 0.258 e. The summed E-state index contributed by atoms with van der Waals surface area (Å²) in [7, 11) is 3.32. The number of carbonyl (C=O) groups excluding carboxylic acids is 2. The number of hydrogen-bond donors (Lipinski definition) is 1. The maximum atomic E-state index is 12.3. The van der Waals surface area contributed by atoms with Gasteiger partial charge in [0.1, 0.15) is 5.75 Å². The minimum atomic E-state index is -0.246. The molecule has 2 heterocycles. The van der Waals surface area contributed by atoms with Crippen LogP contribution in [0.1, 0.15) is 29.6 Å². The van der Waals surface area contributed by atoms with Gasteiger partial charge in [0.05, 0.1) is 24.6 Å². The molecule has 3 rings (SSSR count). The normalized spacial score (nSPS) is 14.6. The quantitative estimate of drug-likeness (QED) is 0.933. The Labute approximate surface area is 140 Å². The average molecular weight is 328 g/mol. The van der Waals surface area contributed by atoms with Crippen LogP contribution in [0.5, 0.6) is 5.75 Å². The summed E-state index contributed by atoms with van der Waals surface area (Å²) in [4.78, 5) is 26.2. The van der Waals surface area contributed by atoms with Gasteiger partial charge in [-0.25, -0.2) is 0 Å². The number of ether oxygens (including phenoxy) is 1. The Morgan fingerprint density at radius 2 is 2.17 bits per heavy atom. The minimum absolute atomic E-state index is 0.0790. The van der Waals surface area contributed by atoms with Gasteiger partial charge < -0.3 is 15.0 Å². The van der Waals surface area contributed by atoms with E-state index in [0.29, 0.717) is 35.7 Å².